The average molecular weight is 208 g/mol. The van der Waals surface area contributed by atoms with Gasteiger partial charge in [0.25, 0.3) is 0 Å². The summed E-state index contributed by atoms with van der Waals surface area (Å²) in [6.45, 7) is 9.28. The molecular formula is C13H24N2. The van der Waals surface area contributed by atoms with Gasteiger partial charge in [-0.3, -0.25) is 4.90 Å². The lowest BCUT2D eigenvalue weighted by Gasteiger charge is -2.47. The van der Waals surface area contributed by atoms with Crippen LogP contribution in [0.1, 0.15) is 40.0 Å². The molecular weight excluding hydrogens is 184 g/mol. The predicted octanol–water partition coefficient (Wildman–Crippen LogP) is 2.17. The van der Waals surface area contributed by atoms with Crippen molar-refractivity contribution < 1.29 is 0 Å². The normalized spacial score (nSPS) is 32.3. The minimum atomic E-state index is 0.286. The van der Waals surface area contributed by atoms with E-state index in [1.54, 1.807) is 0 Å². The molecule has 15 heavy (non-hydrogen) atoms. The summed E-state index contributed by atoms with van der Waals surface area (Å²) in [6.07, 6.45) is 8.46. The van der Waals surface area contributed by atoms with Gasteiger partial charge < -0.3 is 5.32 Å². The SMILES string of the molecule is CCC1CNC(C)(C)CN1C1CC=CC1. The Kier molecular flexibility index (Phi) is 3.17. The first kappa shape index (κ1) is 11.2. The first-order valence-electron chi connectivity index (χ1n) is 6.28. The molecule has 0 spiro atoms. The molecule has 0 aromatic heterocycles. The summed E-state index contributed by atoms with van der Waals surface area (Å²) in [5, 5.41) is 3.65. The van der Waals surface area contributed by atoms with Crippen molar-refractivity contribution >= 4 is 0 Å². The zero-order valence-corrected chi connectivity index (χ0v) is 10.3. The molecule has 86 valence electrons. The maximum atomic E-state index is 3.65. The average Bonchev–Trinajstić information content (AvgIpc) is 2.69. The fourth-order valence-corrected chi connectivity index (χ4v) is 2.83. The molecule has 0 aromatic carbocycles. The molecule has 2 heteroatoms. The lowest BCUT2D eigenvalue weighted by Crippen LogP contribution is -2.63. The Morgan fingerprint density at radius 2 is 2.00 bits per heavy atom. The molecule has 1 heterocycles. The van der Waals surface area contributed by atoms with Crippen molar-refractivity contribution in [2.75, 3.05) is 13.1 Å². The molecule has 1 fully saturated rings. The third-order valence-corrected chi connectivity index (χ3v) is 3.79. The van der Waals surface area contributed by atoms with E-state index >= 15 is 0 Å². The number of nitrogens with one attached hydrogen (secondary N) is 1. The summed E-state index contributed by atoms with van der Waals surface area (Å²) in [5.74, 6) is 0. The molecule has 1 saturated heterocycles. The summed E-state index contributed by atoms with van der Waals surface area (Å²) in [5.41, 5.74) is 0.286. The van der Waals surface area contributed by atoms with E-state index in [0.29, 0.717) is 0 Å². The molecule has 0 amide bonds. The molecule has 1 aliphatic carbocycles. The second-order valence-corrected chi connectivity index (χ2v) is 5.60. The zero-order valence-electron chi connectivity index (χ0n) is 10.3. The Morgan fingerprint density at radius 1 is 1.33 bits per heavy atom. The van der Waals surface area contributed by atoms with Gasteiger partial charge in [-0.05, 0) is 33.1 Å². The van der Waals surface area contributed by atoms with Crippen LogP contribution in [0.25, 0.3) is 0 Å². The second-order valence-electron chi connectivity index (χ2n) is 5.60. The highest BCUT2D eigenvalue weighted by molar-refractivity contribution is 5.03. The first-order valence-corrected chi connectivity index (χ1v) is 6.28. The molecule has 0 saturated carbocycles. The summed E-state index contributed by atoms with van der Waals surface area (Å²) in [6, 6.07) is 1.51. The van der Waals surface area contributed by atoms with Gasteiger partial charge in [0.15, 0.2) is 0 Å². The molecule has 0 aromatic rings. The third kappa shape index (κ3) is 2.43. The number of hydrogen-bond acceptors (Lipinski definition) is 2. The Hall–Kier alpha value is -0.340. The Bertz CT molecular complexity index is 235. The van der Waals surface area contributed by atoms with Gasteiger partial charge in [-0.2, -0.15) is 0 Å². The van der Waals surface area contributed by atoms with Crippen molar-refractivity contribution in [3.8, 4) is 0 Å². The summed E-state index contributed by atoms with van der Waals surface area (Å²) in [4.78, 5) is 2.73. The fourth-order valence-electron chi connectivity index (χ4n) is 2.83. The second kappa shape index (κ2) is 4.26. The van der Waals surface area contributed by atoms with Gasteiger partial charge in [-0.1, -0.05) is 19.1 Å². The van der Waals surface area contributed by atoms with E-state index in [4.69, 9.17) is 0 Å². The molecule has 1 unspecified atom stereocenters. The lowest BCUT2D eigenvalue weighted by atomic mass is 9.95. The van der Waals surface area contributed by atoms with Crippen LogP contribution in [-0.4, -0.2) is 35.6 Å². The molecule has 0 radical (unpaired) electrons. The summed E-state index contributed by atoms with van der Waals surface area (Å²) < 4.78 is 0. The van der Waals surface area contributed by atoms with E-state index in [-0.39, 0.29) is 5.54 Å². The predicted molar refractivity (Wildman–Crippen MR) is 65.0 cm³/mol. The van der Waals surface area contributed by atoms with E-state index < -0.39 is 0 Å². The largest absolute Gasteiger partial charge is 0.309 e. The molecule has 0 bridgehead atoms. The molecule has 2 nitrogen and oxygen atoms in total. The number of rotatable bonds is 2. The molecule has 2 rings (SSSR count). The minimum Gasteiger partial charge on any atom is -0.309 e. The number of hydrogen-bond donors (Lipinski definition) is 1. The lowest BCUT2D eigenvalue weighted by molar-refractivity contribution is 0.0562. The highest BCUT2D eigenvalue weighted by Gasteiger charge is 2.35. The van der Waals surface area contributed by atoms with E-state index in [2.05, 4.69) is 43.1 Å². The van der Waals surface area contributed by atoms with Crippen molar-refractivity contribution in [2.24, 2.45) is 0 Å². The summed E-state index contributed by atoms with van der Waals surface area (Å²) in [7, 11) is 0. The molecule has 2 aliphatic rings. The Balaban J connectivity index is 2.03. The summed E-state index contributed by atoms with van der Waals surface area (Å²) >= 11 is 0. The standard InChI is InChI=1S/C13H24N2/c1-4-11-9-14-13(2,3)10-15(11)12-7-5-6-8-12/h5-6,11-12,14H,4,7-10H2,1-3H3. The zero-order chi connectivity index (χ0) is 10.9. The van der Waals surface area contributed by atoms with Gasteiger partial charge >= 0.3 is 0 Å². The van der Waals surface area contributed by atoms with Crippen LogP contribution in [0.4, 0.5) is 0 Å². The van der Waals surface area contributed by atoms with E-state index in [0.717, 1.165) is 18.6 Å². The van der Waals surface area contributed by atoms with Crippen molar-refractivity contribution in [3.63, 3.8) is 0 Å². The third-order valence-electron chi connectivity index (χ3n) is 3.79. The molecule has 1 N–H and O–H groups in total. The van der Waals surface area contributed by atoms with E-state index in [9.17, 15) is 0 Å². The van der Waals surface area contributed by atoms with Crippen LogP contribution in [0, 0.1) is 0 Å². The Morgan fingerprint density at radius 3 is 2.60 bits per heavy atom. The smallest absolute Gasteiger partial charge is 0.0253 e. The van der Waals surface area contributed by atoms with Crippen LogP contribution >= 0.6 is 0 Å². The highest BCUT2D eigenvalue weighted by atomic mass is 15.3. The van der Waals surface area contributed by atoms with E-state index in [1.165, 1.54) is 25.8 Å². The van der Waals surface area contributed by atoms with Crippen LogP contribution in [0.15, 0.2) is 12.2 Å². The van der Waals surface area contributed by atoms with Crippen LogP contribution in [0.2, 0.25) is 0 Å². The fraction of sp³-hybridized carbons (Fsp3) is 0.846. The van der Waals surface area contributed by atoms with Gasteiger partial charge in [-0.25, -0.2) is 0 Å². The van der Waals surface area contributed by atoms with Gasteiger partial charge in [-0.15, -0.1) is 0 Å². The molecule has 1 aliphatic heterocycles. The number of piperazine rings is 1. The van der Waals surface area contributed by atoms with Crippen molar-refractivity contribution in [1.29, 1.82) is 0 Å². The number of nitrogens with zero attached hydrogens (tertiary/aromatic N) is 1. The minimum absolute atomic E-state index is 0.286. The van der Waals surface area contributed by atoms with Crippen molar-refractivity contribution in [3.05, 3.63) is 12.2 Å². The highest BCUT2D eigenvalue weighted by Crippen LogP contribution is 2.25. The quantitative estimate of drug-likeness (QED) is 0.700. The van der Waals surface area contributed by atoms with Crippen molar-refractivity contribution in [2.45, 2.75) is 57.7 Å². The van der Waals surface area contributed by atoms with Gasteiger partial charge in [0.2, 0.25) is 0 Å². The maximum Gasteiger partial charge on any atom is 0.0253 e. The van der Waals surface area contributed by atoms with Crippen molar-refractivity contribution in [1.82, 2.24) is 10.2 Å². The maximum absolute atomic E-state index is 3.65. The molecule has 1 atom stereocenters. The monoisotopic (exact) mass is 208 g/mol. The first-order chi connectivity index (χ1) is 7.12. The topological polar surface area (TPSA) is 15.3 Å². The van der Waals surface area contributed by atoms with Gasteiger partial charge in [0.05, 0.1) is 0 Å². The van der Waals surface area contributed by atoms with Crippen LogP contribution < -0.4 is 5.32 Å². The van der Waals surface area contributed by atoms with Gasteiger partial charge in [0.1, 0.15) is 0 Å². The van der Waals surface area contributed by atoms with Crippen LogP contribution in [0.3, 0.4) is 0 Å². The Labute approximate surface area is 93.7 Å². The van der Waals surface area contributed by atoms with Crippen LogP contribution in [-0.2, 0) is 0 Å². The van der Waals surface area contributed by atoms with E-state index in [1.807, 2.05) is 0 Å². The van der Waals surface area contributed by atoms with Crippen LogP contribution in [0.5, 0.6) is 0 Å². The van der Waals surface area contributed by atoms with Gasteiger partial charge in [0, 0.05) is 30.7 Å².